The van der Waals surface area contributed by atoms with Crippen molar-refractivity contribution < 1.29 is 9.21 Å². The molecule has 0 bridgehead atoms. The predicted molar refractivity (Wildman–Crippen MR) is 76.0 cm³/mol. The van der Waals surface area contributed by atoms with Crippen LogP contribution in [-0.4, -0.2) is 56.5 Å². The number of nitrogens with zero attached hydrogens (tertiary/aromatic N) is 2. The Bertz CT molecular complexity index is 388. The summed E-state index contributed by atoms with van der Waals surface area (Å²) in [6, 6.07) is 3.86. The summed E-state index contributed by atoms with van der Waals surface area (Å²) in [7, 11) is 5.87. The van der Waals surface area contributed by atoms with Gasteiger partial charge in [0, 0.05) is 26.1 Å². The van der Waals surface area contributed by atoms with Gasteiger partial charge in [-0.05, 0) is 40.2 Å². The van der Waals surface area contributed by atoms with Crippen LogP contribution in [-0.2, 0) is 11.3 Å². The monoisotopic (exact) mass is 267 g/mol. The molecule has 1 aromatic heterocycles. The highest BCUT2D eigenvalue weighted by Gasteiger charge is 2.15. The lowest BCUT2D eigenvalue weighted by atomic mass is 10.3. The average molecular weight is 267 g/mol. The van der Waals surface area contributed by atoms with Gasteiger partial charge >= 0.3 is 0 Å². The van der Waals surface area contributed by atoms with Crippen molar-refractivity contribution in [1.82, 2.24) is 15.1 Å². The zero-order valence-electron chi connectivity index (χ0n) is 12.4. The number of nitrogens with one attached hydrogen (secondary N) is 1. The maximum Gasteiger partial charge on any atom is 0.224 e. The van der Waals surface area contributed by atoms with E-state index in [0.717, 1.165) is 24.6 Å². The fraction of sp³-hybridized carbons (Fsp3) is 0.643. The molecule has 0 aliphatic rings. The Morgan fingerprint density at radius 1 is 1.32 bits per heavy atom. The molecular weight excluding hydrogens is 242 g/mol. The van der Waals surface area contributed by atoms with Crippen LogP contribution in [0.3, 0.4) is 0 Å². The maximum atomic E-state index is 12.2. The van der Waals surface area contributed by atoms with E-state index in [1.807, 2.05) is 45.1 Å². The van der Waals surface area contributed by atoms with E-state index in [1.165, 1.54) is 0 Å². The molecule has 1 amide bonds. The van der Waals surface area contributed by atoms with Gasteiger partial charge in [0.25, 0.3) is 0 Å². The highest BCUT2D eigenvalue weighted by molar-refractivity contribution is 5.76. The van der Waals surface area contributed by atoms with Gasteiger partial charge in [-0.25, -0.2) is 0 Å². The van der Waals surface area contributed by atoms with E-state index >= 15 is 0 Å². The van der Waals surface area contributed by atoms with Gasteiger partial charge in [0.2, 0.25) is 5.91 Å². The summed E-state index contributed by atoms with van der Waals surface area (Å²) >= 11 is 0. The fourth-order valence-corrected chi connectivity index (χ4v) is 1.76. The molecule has 5 heteroatoms. The Morgan fingerprint density at radius 3 is 2.58 bits per heavy atom. The minimum Gasteiger partial charge on any atom is -0.464 e. The van der Waals surface area contributed by atoms with E-state index in [1.54, 1.807) is 0 Å². The Labute approximate surface area is 115 Å². The molecule has 0 atom stereocenters. The van der Waals surface area contributed by atoms with Crippen LogP contribution in [0, 0.1) is 6.92 Å². The molecule has 108 valence electrons. The molecule has 1 aromatic rings. The summed E-state index contributed by atoms with van der Waals surface area (Å²) < 4.78 is 5.55. The third kappa shape index (κ3) is 5.89. The standard InChI is InChI=1S/C14H25N3O2/c1-12-5-6-13(19-12)11-17(10-9-16(3)4)14(18)7-8-15-2/h5-6,15H,7-11H2,1-4H3. The molecule has 0 aliphatic carbocycles. The molecule has 0 spiro atoms. The first-order valence-corrected chi connectivity index (χ1v) is 6.65. The summed E-state index contributed by atoms with van der Waals surface area (Å²) in [5.41, 5.74) is 0. The van der Waals surface area contributed by atoms with Crippen LogP contribution in [0.15, 0.2) is 16.5 Å². The number of amides is 1. The Kier molecular flexibility index (Phi) is 6.59. The maximum absolute atomic E-state index is 12.2. The largest absolute Gasteiger partial charge is 0.464 e. The minimum absolute atomic E-state index is 0.158. The molecule has 19 heavy (non-hydrogen) atoms. The minimum atomic E-state index is 0.158. The van der Waals surface area contributed by atoms with Gasteiger partial charge in [-0.1, -0.05) is 0 Å². The number of likely N-dealkylation sites (N-methyl/N-ethyl adjacent to an activating group) is 1. The third-order valence-electron chi connectivity index (χ3n) is 2.90. The van der Waals surface area contributed by atoms with E-state index in [9.17, 15) is 4.79 Å². The fourth-order valence-electron chi connectivity index (χ4n) is 1.76. The molecule has 5 nitrogen and oxygen atoms in total. The number of furan rings is 1. The number of carbonyl (C=O) groups excluding carboxylic acids is 1. The SMILES string of the molecule is CNCCC(=O)N(CCN(C)C)Cc1ccc(C)o1. The first-order chi connectivity index (χ1) is 9.02. The van der Waals surface area contributed by atoms with Crippen LogP contribution in [0.2, 0.25) is 0 Å². The lowest BCUT2D eigenvalue weighted by molar-refractivity contribution is -0.132. The van der Waals surface area contributed by atoms with Crippen LogP contribution in [0.5, 0.6) is 0 Å². The zero-order valence-corrected chi connectivity index (χ0v) is 12.4. The van der Waals surface area contributed by atoms with Crippen molar-refractivity contribution in [3.63, 3.8) is 0 Å². The van der Waals surface area contributed by atoms with Gasteiger partial charge in [-0.3, -0.25) is 4.79 Å². The second kappa shape index (κ2) is 7.96. The van der Waals surface area contributed by atoms with Crippen molar-refractivity contribution in [2.45, 2.75) is 19.9 Å². The molecule has 1 heterocycles. The molecule has 1 rings (SSSR count). The van der Waals surface area contributed by atoms with Crippen molar-refractivity contribution in [2.24, 2.45) is 0 Å². The van der Waals surface area contributed by atoms with Gasteiger partial charge in [-0.2, -0.15) is 0 Å². The molecule has 0 saturated carbocycles. The number of hydrogen-bond acceptors (Lipinski definition) is 4. The summed E-state index contributed by atoms with van der Waals surface area (Å²) in [6.45, 7) is 4.73. The lowest BCUT2D eigenvalue weighted by Crippen LogP contribution is -2.37. The van der Waals surface area contributed by atoms with Gasteiger partial charge < -0.3 is 19.5 Å². The van der Waals surface area contributed by atoms with Crippen molar-refractivity contribution >= 4 is 5.91 Å². The van der Waals surface area contributed by atoms with E-state index in [-0.39, 0.29) is 5.91 Å². The summed E-state index contributed by atoms with van der Waals surface area (Å²) in [4.78, 5) is 16.1. The normalized spacial score (nSPS) is 11.0. The lowest BCUT2D eigenvalue weighted by Gasteiger charge is -2.23. The highest BCUT2D eigenvalue weighted by Crippen LogP contribution is 2.10. The Morgan fingerprint density at radius 2 is 2.05 bits per heavy atom. The molecule has 0 saturated heterocycles. The number of aryl methyl sites for hydroxylation is 1. The summed E-state index contributed by atoms with van der Waals surface area (Å²) in [5, 5.41) is 3.00. The van der Waals surface area contributed by atoms with Crippen LogP contribution in [0.4, 0.5) is 0 Å². The molecule has 0 aliphatic heterocycles. The molecule has 0 fully saturated rings. The smallest absolute Gasteiger partial charge is 0.224 e. The van der Waals surface area contributed by atoms with Crippen molar-refractivity contribution in [2.75, 3.05) is 40.8 Å². The van der Waals surface area contributed by atoms with Crippen LogP contribution >= 0.6 is 0 Å². The molecule has 0 aromatic carbocycles. The van der Waals surface area contributed by atoms with Gasteiger partial charge in [-0.15, -0.1) is 0 Å². The topological polar surface area (TPSA) is 48.7 Å². The van der Waals surface area contributed by atoms with E-state index in [4.69, 9.17) is 4.42 Å². The van der Waals surface area contributed by atoms with Crippen LogP contribution in [0.25, 0.3) is 0 Å². The second-order valence-electron chi connectivity index (χ2n) is 4.98. The first-order valence-electron chi connectivity index (χ1n) is 6.65. The molecule has 1 N–H and O–H groups in total. The number of rotatable bonds is 8. The molecule has 0 radical (unpaired) electrons. The number of hydrogen-bond donors (Lipinski definition) is 1. The first kappa shape index (κ1) is 15.7. The highest BCUT2D eigenvalue weighted by atomic mass is 16.3. The van der Waals surface area contributed by atoms with E-state index in [2.05, 4.69) is 10.2 Å². The Hall–Kier alpha value is -1.33. The van der Waals surface area contributed by atoms with Crippen LogP contribution < -0.4 is 5.32 Å². The summed E-state index contributed by atoms with van der Waals surface area (Å²) in [5.74, 6) is 1.88. The van der Waals surface area contributed by atoms with Crippen LogP contribution in [0.1, 0.15) is 17.9 Å². The van der Waals surface area contributed by atoms with Crippen molar-refractivity contribution in [3.8, 4) is 0 Å². The van der Waals surface area contributed by atoms with Crippen molar-refractivity contribution in [3.05, 3.63) is 23.7 Å². The van der Waals surface area contributed by atoms with Gasteiger partial charge in [0.05, 0.1) is 6.54 Å². The Balaban J connectivity index is 2.59. The van der Waals surface area contributed by atoms with Gasteiger partial charge in [0.1, 0.15) is 11.5 Å². The predicted octanol–water partition coefficient (Wildman–Crippen LogP) is 1.09. The quantitative estimate of drug-likeness (QED) is 0.766. The van der Waals surface area contributed by atoms with E-state index in [0.29, 0.717) is 19.5 Å². The second-order valence-corrected chi connectivity index (χ2v) is 4.98. The van der Waals surface area contributed by atoms with E-state index < -0.39 is 0 Å². The van der Waals surface area contributed by atoms with Crippen molar-refractivity contribution in [1.29, 1.82) is 0 Å². The molecule has 0 unspecified atom stereocenters. The number of carbonyl (C=O) groups is 1. The molecular formula is C14H25N3O2. The summed E-state index contributed by atoms with van der Waals surface area (Å²) in [6.07, 6.45) is 0.517. The zero-order chi connectivity index (χ0) is 14.3. The van der Waals surface area contributed by atoms with Gasteiger partial charge in [0.15, 0.2) is 0 Å². The third-order valence-corrected chi connectivity index (χ3v) is 2.90. The average Bonchev–Trinajstić information content (AvgIpc) is 2.76.